The Morgan fingerprint density at radius 1 is 1.43 bits per heavy atom. The van der Waals surface area contributed by atoms with Gasteiger partial charge in [0.1, 0.15) is 0 Å². The van der Waals surface area contributed by atoms with Crippen molar-refractivity contribution in [2.45, 2.75) is 19.3 Å². The van der Waals surface area contributed by atoms with Crippen LogP contribution in [0, 0.1) is 0 Å². The van der Waals surface area contributed by atoms with Gasteiger partial charge in [-0.3, -0.25) is 0 Å². The van der Waals surface area contributed by atoms with Gasteiger partial charge in [-0.2, -0.15) is 0 Å². The first kappa shape index (κ1) is 7.35. The summed E-state index contributed by atoms with van der Waals surface area (Å²) in [7, 11) is 1.08. The molecule has 1 unspecified atom stereocenters. The minimum absolute atomic E-state index is 0.360. The molecule has 44 valence electrons. The average molecular weight is 122 g/mol. The van der Waals surface area contributed by atoms with Crippen LogP contribution in [0.1, 0.15) is 19.3 Å². The van der Waals surface area contributed by atoms with Crippen molar-refractivity contribution in [3.05, 3.63) is 0 Å². The van der Waals surface area contributed by atoms with Crippen LogP contribution in [0.2, 0.25) is 0 Å². The van der Waals surface area contributed by atoms with Crippen LogP contribution in [0.3, 0.4) is 0 Å². The molecule has 0 bridgehead atoms. The van der Waals surface area contributed by atoms with Crippen molar-refractivity contribution in [1.29, 1.82) is 0 Å². The molecule has 2 nitrogen and oxygen atoms in total. The normalized spacial score (nSPS) is 16.3. The fourth-order valence-corrected chi connectivity index (χ4v) is 0. The zero-order valence-electron chi connectivity index (χ0n) is 4.48. The largest absolute Gasteiger partial charge is 0.352 e. The summed E-state index contributed by atoms with van der Waals surface area (Å²) in [5.41, 5.74) is 0. The van der Waals surface area contributed by atoms with Crippen molar-refractivity contribution >= 4 is 9.03 Å². The molecule has 0 aliphatic heterocycles. The molecule has 1 rings (SSSR count). The molecular weight excluding hydrogens is 111 g/mol. The predicted octanol–water partition coefficient (Wildman–Crippen LogP) is 1.30. The smallest absolute Gasteiger partial charge is 0.151 e. The van der Waals surface area contributed by atoms with Crippen LogP contribution in [0.15, 0.2) is 0 Å². The molecule has 0 aromatic rings. The monoisotopic (exact) mass is 122 g/mol. The van der Waals surface area contributed by atoms with Gasteiger partial charge in [-0.05, 0) is 0 Å². The van der Waals surface area contributed by atoms with E-state index < -0.39 is 0 Å². The van der Waals surface area contributed by atoms with Gasteiger partial charge in [0.15, 0.2) is 9.03 Å². The lowest BCUT2D eigenvalue weighted by Crippen LogP contribution is -1.50. The van der Waals surface area contributed by atoms with E-state index in [1.54, 1.807) is 0 Å². The summed E-state index contributed by atoms with van der Waals surface area (Å²) in [5, 5.41) is 0. The van der Waals surface area contributed by atoms with Crippen molar-refractivity contribution in [3.8, 4) is 0 Å². The van der Waals surface area contributed by atoms with Crippen molar-refractivity contribution in [1.82, 2.24) is 0 Å². The Balaban J connectivity index is 0.000000105. The van der Waals surface area contributed by atoms with Gasteiger partial charge < -0.3 is 9.42 Å². The molecular formula is C4H11O2P. The SMILES string of the molecule is C1CC1.COPO. The Bertz CT molecular complexity index is 26.1. The van der Waals surface area contributed by atoms with E-state index in [1.807, 2.05) is 0 Å². The highest BCUT2D eigenvalue weighted by Crippen LogP contribution is 2.14. The molecule has 0 spiro atoms. The van der Waals surface area contributed by atoms with Crippen molar-refractivity contribution < 1.29 is 9.42 Å². The minimum Gasteiger partial charge on any atom is -0.352 e. The minimum atomic E-state index is -0.360. The summed E-state index contributed by atoms with van der Waals surface area (Å²) in [6.45, 7) is 0. The van der Waals surface area contributed by atoms with Crippen molar-refractivity contribution in [2.24, 2.45) is 0 Å². The highest BCUT2D eigenvalue weighted by atomic mass is 31.1. The van der Waals surface area contributed by atoms with Crippen LogP contribution in [0.25, 0.3) is 0 Å². The van der Waals surface area contributed by atoms with Crippen LogP contribution in [0.5, 0.6) is 0 Å². The highest BCUT2D eigenvalue weighted by molar-refractivity contribution is 7.24. The van der Waals surface area contributed by atoms with Gasteiger partial charge in [-0.25, -0.2) is 0 Å². The van der Waals surface area contributed by atoms with Gasteiger partial charge in [-0.15, -0.1) is 0 Å². The third-order valence-electron chi connectivity index (χ3n) is 0.445. The molecule has 3 heteroatoms. The molecule has 1 saturated carbocycles. The second-order valence-electron chi connectivity index (χ2n) is 1.36. The summed E-state index contributed by atoms with van der Waals surface area (Å²) in [5.74, 6) is 0. The van der Waals surface area contributed by atoms with E-state index in [2.05, 4.69) is 4.52 Å². The molecule has 7 heavy (non-hydrogen) atoms. The molecule has 0 aromatic carbocycles. The Kier molecular flexibility index (Phi) is 6.67. The lowest BCUT2D eigenvalue weighted by atomic mass is 11.0. The fraction of sp³-hybridized carbons (Fsp3) is 1.00. The Morgan fingerprint density at radius 2 is 1.71 bits per heavy atom. The first-order valence-corrected chi connectivity index (χ1v) is 3.19. The summed E-state index contributed by atoms with van der Waals surface area (Å²) < 4.78 is 4.12. The van der Waals surface area contributed by atoms with E-state index >= 15 is 0 Å². The third-order valence-corrected chi connectivity index (χ3v) is 0.627. The molecule has 0 heterocycles. The first-order chi connectivity index (χ1) is 3.41. The summed E-state index contributed by atoms with van der Waals surface area (Å²) in [6.07, 6.45) is 4.50. The van der Waals surface area contributed by atoms with Crippen LogP contribution in [-0.2, 0) is 4.52 Å². The van der Waals surface area contributed by atoms with Gasteiger partial charge in [0, 0.05) is 7.11 Å². The second kappa shape index (κ2) is 6.35. The number of hydrogen-bond acceptors (Lipinski definition) is 2. The zero-order valence-corrected chi connectivity index (χ0v) is 5.48. The topological polar surface area (TPSA) is 29.5 Å². The third kappa shape index (κ3) is 21.8. The summed E-state index contributed by atoms with van der Waals surface area (Å²) in [6, 6.07) is 0. The van der Waals surface area contributed by atoms with Gasteiger partial charge in [0.2, 0.25) is 0 Å². The van der Waals surface area contributed by atoms with Gasteiger partial charge in [0.05, 0.1) is 0 Å². The molecule has 0 amide bonds. The maximum Gasteiger partial charge on any atom is 0.151 e. The van der Waals surface area contributed by atoms with Gasteiger partial charge in [-0.1, -0.05) is 19.3 Å². The van der Waals surface area contributed by atoms with E-state index in [1.165, 1.54) is 26.4 Å². The highest BCUT2D eigenvalue weighted by Gasteiger charge is 1.95. The molecule has 1 atom stereocenters. The molecule has 0 saturated heterocycles. The molecule has 1 aliphatic carbocycles. The summed E-state index contributed by atoms with van der Waals surface area (Å²) in [4.78, 5) is 7.68. The van der Waals surface area contributed by atoms with Crippen LogP contribution in [-0.4, -0.2) is 12.0 Å². The van der Waals surface area contributed by atoms with Gasteiger partial charge in [0.25, 0.3) is 0 Å². The molecule has 1 N–H and O–H groups in total. The van der Waals surface area contributed by atoms with Crippen molar-refractivity contribution in [3.63, 3.8) is 0 Å². The predicted molar refractivity (Wildman–Crippen MR) is 31.4 cm³/mol. The quantitative estimate of drug-likeness (QED) is 0.531. The van der Waals surface area contributed by atoms with Crippen molar-refractivity contribution in [2.75, 3.05) is 7.11 Å². The second-order valence-corrected chi connectivity index (χ2v) is 1.95. The zero-order chi connectivity index (χ0) is 5.54. The summed E-state index contributed by atoms with van der Waals surface area (Å²) >= 11 is 0. The molecule has 1 aliphatic rings. The van der Waals surface area contributed by atoms with Crippen LogP contribution >= 0.6 is 9.03 Å². The average Bonchev–Trinajstić information content (AvgIpc) is 2.47. The maximum absolute atomic E-state index is 7.68. The number of rotatable bonds is 1. The fourth-order valence-electron chi connectivity index (χ4n) is 0. The maximum atomic E-state index is 7.68. The lowest BCUT2D eigenvalue weighted by Gasteiger charge is -1.75. The lowest BCUT2D eigenvalue weighted by molar-refractivity contribution is 0.413. The standard InChI is InChI=1S/C3H6.CH5O2P/c1-2-3-1;1-3-4-2/h1-3H2;2,4H,1H3. The first-order valence-electron chi connectivity index (χ1n) is 2.34. The molecule has 1 fully saturated rings. The van der Waals surface area contributed by atoms with E-state index in [9.17, 15) is 0 Å². The molecule has 0 aromatic heterocycles. The van der Waals surface area contributed by atoms with Crippen LogP contribution in [0.4, 0.5) is 0 Å². The molecule has 0 radical (unpaired) electrons. The van der Waals surface area contributed by atoms with Gasteiger partial charge >= 0.3 is 0 Å². The Morgan fingerprint density at radius 3 is 1.71 bits per heavy atom. The van der Waals surface area contributed by atoms with E-state index in [4.69, 9.17) is 4.89 Å². The van der Waals surface area contributed by atoms with Crippen LogP contribution < -0.4 is 0 Å². The van der Waals surface area contributed by atoms with E-state index in [0.717, 1.165) is 0 Å². The Hall–Kier alpha value is 0.350. The number of hydrogen-bond donors (Lipinski definition) is 1. The van der Waals surface area contributed by atoms with E-state index in [-0.39, 0.29) is 9.03 Å². The van der Waals surface area contributed by atoms with E-state index in [0.29, 0.717) is 0 Å². The Labute approximate surface area is 45.8 Å².